The number of carbonyl (C=O) groups is 2. The first-order valence-corrected chi connectivity index (χ1v) is 11.4. The summed E-state index contributed by atoms with van der Waals surface area (Å²) in [5.74, 6) is 0.442. The number of hydrogen-bond donors (Lipinski definition) is 2. The average molecular weight is 553 g/mol. The van der Waals surface area contributed by atoms with Crippen molar-refractivity contribution in [1.82, 2.24) is 10.7 Å². The van der Waals surface area contributed by atoms with Gasteiger partial charge in [0.1, 0.15) is 17.3 Å². The molecule has 0 saturated heterocycles. The Morgan fingerprint density at radius 3 is 2.70 bits per heavy atom. The van der Waals surface area contributed by atoms with Crippen LogP contribution in [0, 0.1) is 6.92 Å². The number of ether oxygens (including phenoxy) is 1. The fourth-order valence-electron chi connectivity index (χ4n) is 2.72. The molecule has 2 aromatic carbocycles. The van der Waals surface area contributed by atoms with Crippen molar-refractivity contribution in [3.8, 4) is 17.1 Å². The van der Waals surface area contributed by atoms with Crippen LogP contribution in [0.15, 0.2) is 62.5 Å². The molecule has 3 rings (SSSR count). The Kier molecular flexibility index (Phi) is 8.55. The molecule has 0 aliphatic carbocycles. The lowest BCUT2D eigenvalue weighted by Crippen LogP contribution is -2.41. The predicted octanol–water partition coefficient (Wildman–Crippen LogP) is 5.36. The second-order valence-corrected chi connectivity index (χ2v) is 8.73. The largest absolute Gasteiger partial charge is 0.479 e. The second kappa shape index (κ2) is 11.4. The summed E-state index contributed by atoms with van der Waals surface area (Å²) in [6.07, 6.45) is 0.502. The molecule has 0 aliphatic heterocycles. The lowest BCUT2D eigenvalue weighted by Gasteiger charge is -2.15. The Balaban J connectivity index is 1.46. The Bertz CT molecular complexity index is 1200. The summed E-state index contributed by atoms with van der Waals surface area (Å²) in [7, 11) is 0. The molecule has 1 atom stereocenters. The zero-order chi connectivity index (χ0) is 24.0. The summed E-state index contributed by atoms with van der Waals surface area (Å²) in [6, 6.07) is 14.2. The quantitative estimate of drug-likeness (QED) is 0.291. The Labute approximate surface area is 209 Å². The highest BCUT2D eigenvalue weighted by Crippen LogP contribution is 2.30. The van der Waals surface area contributed by atoms with Crippen LogP contribution < -0.4 is 15.5 Å². The average Bonchev–Trinajstić information content (AvgIpc) is 3.22. The standard InChI is InChI=1S/C23H20BrCl2N3O4/c1-13-3-6-17(18(24)9-13)20-8-5-16(33-20)11-28-29-22(30)12-27-23(31)14(2)32-21-7-4-15(25)10-19(21)26/h3-11,14H,12H2,1-2H3,(H,27,31)(H,29,30)/b28-11-/t14-/m0/s1. The SMILES string of the molecule is Cc1ccc(-c2ccc(/C=N\NC(=O)CNC(=O)[C@H](C)Oc3ccc(Cl)cc3Cl)o2)c(Br)c1. The van der Waals surface area contributed by atoms with E-state index in [1.54, 1.807) is 18.2 Å². The number of aryl methyl sites for hydroxylation is 1. The molecule has 0 aliphatic rings. The second-order valence-electron chi connectivity index (χ2n) is 7.03. The topological polar surface area (TPSA) is 92.9 Å². The highest BCUT2D eigenvalue weighted by molar-refractivity contribution is 9.10. The van der Waals surface area contributed by atoms with Crippen LogP contribution in [-0.4, -0.2) is 30.7 Å². The first-order chi connectivity index (χ1) is 15.7. The molecule has 0 unspecified atom stereocenters. The van der Waals surface area contributed by atoms with Crippen LogP contribution in [0.4, 0.5) is 0 Å². The Morgan fingerprint density at radius 1 is 1.18 bits per heavy atom. The fourth-order valence-corrected chi connectivity index (χ4v) is 3.86. The van der Waals surface area contributed by atoms with Crippen molar-refractivity contribution in [2.24, 2.45) is 5.10 Å². The molecular formula is C23H20BrCl2N3O4. The van der Waals surface area contributed by atoms with Crippen molar-refractivity contribution in [3.05, 3.63) is 74.4 Å². The van der Waals surface area contributed by atoms with Gasteiger partial charge in [-0.3, -0.25) is 9.59 Å². The van der Waals surface area contributed by atoms with Gasteiger partial charge in [-0.15, -0.1) is 0 Å². The lowest BCUT2D eigenvalue weighted by atomic mass is 10.1. The van der Waals surface area contributed by atoms with Crippen molar-refractivity contribution >= 4 is 57.2 Å². The number of carbonyl (C=O) groups excluding carboxylic acids is 2. The molecule has 33 heavy (non-hydrogen) atoms. The van der Waals surface area contributed by atoms with Crippen molar-refractivity contribution in [2.75, 3.05) is 6.54 Å². The molecule has 172 valence electrons. The summed E-state index contributed by atoms with van der Waals surface area (Å²) in [5.41, 5.74) is 4.36. The van der Waals surface area contributed by atoms with Gasteiger partial charge in [0.05, 0.1) is 17.8 Å². The summed E-state index contributed by atoms with van der Waals surface area (Å²) >= 11 is 15.4. The van der Waals surface area contributed by atoms with Crippen LogP contribution >= 0.6 is 39.1 Å². The molecule has 10 heteroatoms. The van der Waals surface area contributed by atoms with Gasteiger partial charge in [-0.05, 0) is 61.9 Å². The highest BCUT2D eigenvalue weighted by atomic mass is 79.9. The van der Waals surface area contributed by atoms with E-state index in [2.05, 4.69) is 31.8 Å². The van der Waals surface area contributed by atoms with Crippen LogP contribution in [0.5, 0.6) is 5.75 Å². The number of nitrogens with zero attached hydrogens (tertiary/aromatic N) is 1. The fraction of sp³-hybridized carbons (Fsp3) is 0.174. The summed E-state index contributed by atoms with van der Waals surface area (Å²) in [6.45, 7) is 3.26. The van der Waals surface area contributed by atoms with Crippen LogP contribution in [0.3, 0.4) is 0 Å². The maximum atomic E-state index is 12.2. The predicted molar refractivity (Wildman–Crippen MR) is 132 cm³/mol. The zero-order valence-electron chi connectivity index (χ0n) is 17.7. The smallest absolute Gasteiger partial charge is 0.261 e. The molecule has 2 amide bonds. The van der Waals surface area contributed by atoms with E-state index < -0.39 is 17.9 Å². The Morgan fingerprint density at radius 2 is 1.97 bits per heavy atom. The van der Waals surface area contributed by atoms with E-state index in [4.69, 9.17) is 32.4 Å². The van der Waals surface area contributed by atoms with Gasteiger partial charge in [-0.1, -0.05) is 45.2 Å². The summed E-state index contributed by atoms with van der Waals surface area (Å²) in [4.78, 5) is 24.1. The van der Waals surface area contributed by atoms with E-state index in [0.29, 0.717) is 22.3 Å². The van der Waals surface area contributed by atoms with Crippen LogP contribution in [0.2, 0.25) is 10.0 Å². The van der Waals surface area contributed by atoms with Crippen LogP contribution in [0.25, 0.3) is 11.3 Å². The van der Waals surface area contributed by atoms with Crippen molar-refractivity contribution in [3.63, 3.8) is 0 Å². The number of amides is 2. The van der Waals surface area contributed by atoms with Gasteiger partial charge in [0.25, 0.3) is 11.8 Å². The molecule has 1 aromatic heterocycles. The third kappa shape index (κ3) is 7.08. The molecule has 1 heterocycles. The first kappa shape index (κ1) is 24.8. The van der Waals surface area contributed by atoms with Gasteiger partial charge in [0.15, 0.2) is 6.10 Å². The monoisotopic (exact) mass is 551 g/mol. The summed E-state index contributed by atoms with van der Waals surface area (Å²) < 4.78 is 12.2. The third-order valence-electron chi connectivity index (χ3n) is 4.39. The number of nitrogens with one attached hydrogen (secondary N) is 2. The number of benzene rings is 2. The first-order valence-electron chi connectivity index (χ1n) is 9.80. The molecule has 2 N–H and O–H groups in total. The minimum absolute atomic E-state index is 0.280. The van der Waals surface area contributed by atoms with Gasteiger partial charge < -0.3 is 14.5 Å². The number of halogens is 3. The van der Waals surface area contributed by atoms with Crippen molar-refractivity contribution in [2.45, 2.75) is 20.0 Å². The number of hydrogen-bond acceptors (Lipinski definition) is 5. The molecule has 0 spiro atoms. The Hall–Kier alpha value is -2.81. The van der Waals surface area contributed by atoms with Gasteiger partial charge in [0.2, 0.25) is 0 Å². The normalized spacial score (nSPS) is 11.9. The van der Waals surface area contributed by atoms with E-state index in [0.717, 1.165) is 15.6 Å². The van der Waals surface area contributed by atoms with Gasteiger partial charge in [-0.25, -0.2) is 5.43 Å². The molecule has 3 aromatic rings. The number of furan rings is 1. The van der Waals surface area contributed by atoms with Crippen molar-refractivity contribution in [1.29, 1.82) is 0 Å². The molecule has 0 fully saturated rings. The number of rotatable bonds is 8. The maximum Gasteiger partial charge on any atom is 0.261 e. The van der Waals surface area contributed by atoms with Crippen LogP contribution in [0.1, 0.15) is 18.2 Å². The molecule has 0 bridgehead atoms. The van der Waals surface area contributed by atoms with E-state index in [1.165, 1.54) is 19.2 Å². The summed E-state index contributed by atoms with van der Waals surface area (Å²) in [5, 5.41) is 7.06. The highest BCUT2D eigenvalue weighted by Gasteiger charge is 2.17. The lowest BCUT2D eigenvalue weighted by molar-refractivity contribution is -0.130. The molecule has 7 nitrogen and oxygen atoms in total. The van der Waals surface area contributed by atoms with E-state index in [-0.39, 0.29) is 11.6 Å². The van der Waals surface area contributed by atoms with Crippen molar-refractivity contribution < 1.29 is 18.7 Å². The van der Waals surface area contributed by atoms with E-state index in [1.807, 2.05) is 31.2 Å². The minimum Gasteiger partial charge on any atom is -0.479 e. The number of hydrazone groups is 1. The molecule has 0 saturated carbocycles. The zero-order valence-corrected chi connectivity index (χ0v) is 20.8. The minimum atomic E-state index is -0.873. The molecule has 0 radical (unpaired) electrons. The third-order valence-corrected chi connectivity index (χ3v) is 5.57. The van der Waals surface area contributed by atoms with E-state index >= 15 is 0 Å². The van der Waals surface area contributed by atoms with Crippen LogP contribution in [-0.2, 0) is 9.59 Å². The molecular weight excluding hydrogens is 533 g/mol. The van der Waals surface area contributed by atoms with E-state index in [9.17, 15) is 9.59 Å². The maximum absolute atomic E-state index is 12.2. The van der Waals surface area contributed by atoms with Gasteiger partial charge in [-0.2, -0.15) is 5.10 Å². The van der Waals surface area contributed by atoms with Gasteiger partial charge >= 0.3 is 0 Å². The van der Waals surface area contributed by atoms with Gasteiger partial charge in [0, 0.05) is 15.1 Å².